The van der Waals surface area contributed by atoms with Crippen LogP contribution in [0.25, 0.3) is 0 Å². The Balaban J connectivity index is 2.77. The molecule has 0 aliphatic heterocycles. The average molecular weight is 199 g/mol. The smallest absolute Gasteiger partial charge is 0.310 e. The van der Waals surface area contributed by atoms with E-state index in [1.807, 2.05) is 0 Å². The predicted molar refractivity (Wildman–Crippen MR) is 47.4 cm³/mol. The fourth-order valence-electron chi connectivity index (χ4n) is 0.980. The van der Waals surface area contributed by atoms with Gasteiger partial charge in [-0.3, -0.25) is 9.59 Å². The molecule has 1 heterocycles. The Kier molecular flexibility index (Phi) is 3.39. The number of hydrogen-bond acceptors (Lipinski definition) is 3. The number of carbonyl (C=O) groups excluding carboxylic acids is 1. The molecule has 0 saturated carbocycles. The van der Waals surface area contributed by atoms with E-state index in [0.717, 1.165) is 6.07 Å². The van der Waals surface area contributed by atoms with E-state index in [0.29, 0.717) is 0 Å². The lowest BCUT2D eigenvalue weighted by Crippen LogP contribution is -2.12. The van der Waals surface area contributed by atoms with Crippen LogP contribution in [0, 0.1) is 5.82 Å². The van der Waals surface area contributed by atoms with E-state index in [1.165, 1.54) is 6.20 Å². The summed E-state index contributed by atoms with van der Waals surface area (Å²) in [5, 5.41) is 0. The zero-order chi connectivity index (χ0) is 10.6. The van der Waals surface area contributed by atoms with Gasteiger partial charge < -0.3 is 9.72 Å². The Morgan fingerprint density at radius 2 is 2.36 bits per heavy atom. The maximum absolute atomic E-state index is 13.0. The van der Waals surface area contributed by atoms with Crippen LogP contribution < -0.4 is 5.56 Å². The third kappa shape index (κ3) is 2.69. The number of nitrogens with one attached hydrogen (secondary N) is 1. The minimum atomic E-state index is -0.693. The highest BCUT2D eigenvalue weighted by atomic mass is 19.1. The van der Waals surface area contributed by atoms with Crippen molar-refractivity contribution >= 4 is 5.97 Å². The molecule has 0 radical (unpaired) electrons. The first kappa shape index (κ1) is 10.4. The van der Waals surface area contributed by atoms with Gasteiger partial charge in [-0.2, -0.15) is 0 Å². The van der Waals surface area contributed by atoms with Gasteiger partial charge in [0.2, 0.25) is 0 Å². The highest BCUT2D eigenvalue weighted by molar-refractivity contribution is 5.72. The molecule has 0 atom stereocenters. The summed E-state index contributed by atoms with van der Waals surface area (Å²) < 4.78 is 17.7. The molecule has 14 heavy (non-hydrogen) atoms. The van der Waals surface area contributed by atoms with Gasteiger partial charge in [0.1, 0.15) is 5.82 Å². The van der Waals surface area contributed by atoms with E-state index in [9.17, 15) is 14.0 Å². The van der Waals surface area contributed by atoms with Crippen LogP contribution in [0.2, 0.25) is 0 Å². The number of aromatic amines is 1. The van der Waals surface area contributed by atoms with Gasteiger partial charge in [-0.25, -0.2) is 4.39 Å². The monoisotopic (exact) mass is 199 g/mol. The zero-order valence-electron chi connectivity index (χ0n) is 7.67. The standard InChI is InChI=1S/C9H10FNO3/c1-2-14-9(13)3-6-5-11-8(12)4-7(6)10/h4-5H,2-3H2,1H3,(H,11,12). The van der Waals surface area contributed by atoms with Crippen LogP contribution >= 0.6 is 0 Å². The van der Waals surface area contributed by atoms with E-state index in [2.05, 4.69) is 9.72 Å². The summed E-state index contributed by atoms with van der Waals surface area (Å²) in [7, 11) is 0. The van der Waals surface area contributed by atoms with Crippen molar-refractivity contribution in [2.45, 2.75) is 13.3 Å². The molecule has 0 unspecified atom stereocenters. The lowest BCUT2D eigenvalue weighted by molar-refractivity contribution is -0.142. The van der Waals surface area contributed by atoms with Crippen molar-refractivity contribution < 1.29 is 13.9 Å². The highest BCUT2D eigenvalue weighted by Gasteiger charge is 2.08. The van der Waals surface area contributed by atoms with Crippen molar-refractivity contribution in [2.24, 2.45) is 0 Å². The number of H-pyrrole nitrogens is 1. The molecule has 5 heteroatoms. The van der Waals surface area contributed by atoms with Gasteiger partial charge in [0.15, 0.2) is 0 Å². The number of ether oxygens (including phenoxy) is 1. The Labute approximate surface area is 79.7 Å². The molecule has 0 saturated heterocycles. The van der Waals surface area contributed by atoms with Crippen molar-refractivity contribution in [1.29, 1.82) is 0 Å². The molecule has 1 N–H and O–H groups in total. The lowest BCUT2D eigenvalue weighted by atomic mass is 10.2. The molecule has 0 aliphatic carbocycles. The second-order valence-electron chi connectivity index (χ2n) is 2.65. The molecule has 0 aromatic carbocycles. The number of pyridine rings is 1. The van der Waals surface area contributed by atoms with Gasteiger partial charge in [0.25, 0.3) is 5.56 Å². The van der Waals surface area contributed by atoms with E-state index in [1.54, 1.807) is 6.92 Å². The SMILES string of the molecule is CCOC(=O)Cc1c[nH]c(=O)cc1F. The highest BCUT2D eigenvalue weighted by Crippen LogP contribution is 2.03. The van der Waals surface area contributed by atoms with Crippen LogP contribution in [0.15, 0.2) is 17.1 Å². The first-order valence-corrected chi connectivity index (χ1v) is 4.16. The normalized spacial score (nSPS) is 9.86. The first-order valence-electron chi connectivity index (χ1n) is 4.16. The summed E-state index contributed by atoms with van der Waals surface area (Å²) in [4.78, 5) is 23.9. The number of aromatic nitrogens is 1. The molecule has 1 aromatic rings. The summed E-state index contributed by atoms with van der Waals surface area (Å²) in [6.45, 7) is 1.92. The summed E-state index contributed by atoms with van der Waals surface area (Å²) in [6.07, 6.45) is 1.00. The van der Waals surface area contributed by atoms with Crippen molar-refractivity contribution in [2.75, 3.05) is 6.61 Å². The number of halogens is 1. The fourth-order valence-corrected chi connectivity index (χ4v) is 0.980. The summed E-state index contributed by atoms with van der Waals surface area (Å²) in [6, 6.07) is 0.800. The van der Waals surface area contributed by atoms with Gasteiger partial charge in [0.05, 0.1) is 13.0 Å². The quantitative estimate of drug-likeness (QED) is 0.726. The fraction of sp³-hybridized carbons (Fsp3) is 0.333. The molecule has 0 fully saturated rings. The Morgan fingerprint density at radius 3 is 2.93 bits per heavy atom. The maximum Gasteiger partial charge on any atom is 0.310 e. The minimum Gasteiger partial charge on any atom is -0.466 e. The largest absolute Gasteiger partial charge is 0.466 e. The molecular weight excluding hydrogens is 189 g/mol. The third-order valence-electron chi connectivity index (χ3n) is 1.59. The second-order valence-corrected chi connectivity index (χ2v) is 2.65. The predicted octanol–water partition coefficient (Wildman–Crippen LogP) is 0.620. The van der Waals surface area contributed by atoms with Crippen molar-refractivity contribution in [3.05, 3.63) is 34.0 Å². The first-order chi connectivity index (χ1) is 6.63. The molecule has 76 valence electrons. The van der Waals surface area contributed by atoms with Crippen LogP contribution in [-0.2, 0) is 16.0 Å². The summed E-state index contributed by atoms with van der Waals surface area (Å²) in [5.74, 6) is -1.21. The topological polar surface area (TPSA) is 59.2 Å². The van der Waals surface area contributed by atoms with Crippen LogP contribution in [0.1, 0.15) is 12.5 Å². The van der Waals surface area contributed by atoms with Gasteiger partial charge in [0, 0.05) is 17.8 Å². The van der Waals surface area contributed by atoms with E-state index in [4.69, 9.17) is 0 Å². The maximum atomic E-state index is 13.0. The van der Waals surface area contributed by atoms with E-state index < -0.39 is 17.3 Å². The molecule has 0 amide bonds. The average Bonchev–Trinajstić information content (AvgIpc) is 2.10. The third-order valence-corrected chi connectivity index (χ3v) is 1.59. The summed E-state index contributed by atoms with van der Waals surface area (Å²) in [5.41, 5.74) is -0.404. The van der Waals surface area contributed by atoms with Gasteiger partial charge in [-0.05, 0) is 6.92 Å². The van der Waals surface area contributed by atoms with Gasteiger partial charge in [-0.15, -0.1) is 0 Å². The number of carbonyl (C=O) groups is 1. The minimum absolute atomic E-state index is 0.128. The number of esters is 1. The van der Waals surface area contributed by atoms with Gasteiger partial charge >= 0.3 is 5.97 Å². The molecule has 4 nitrogen and oxygen atoms in total. The van der Waals surface area contributed by atoms with E-state index in [-0.39, 0.29) is 18.6 Å². The van der Waals surface area contributed by atoms with Crippen LogP contribution in [0.3, 0.4) is 0 Å². The number of rotatable bonds is 3. The molecular formula is C9H10FNO3. The molecule has 0 bridgehead atoms. The van der Waals surface area contributed by atoms with Crippen LogP contribution in [0.5, 0.6) is 0 Å². The van der Waals surface area contributed by atoms with Crippen molar-refractivity contribution in [1.82, 2.24) is 4.98 Å². The Bertz CT molecular complexity index is 386. The van der Waals surface area contributed by atoms with Crippen molar-refractivity contribution in [3.8, 4) is 0 Å². The number of hydrogen-bond donors (Lipinski definition) is 1. The molecule has 1 rings (SSSR count). The lowest BCUT2D eigenvalue weighted by Gasteiger charge is -2.02. The molecule has 0 spiro atoms. The van der Waals surface area contributed by atoms with E-state index >= 15 is 0 Å². The summed E-state index contributed by atoms with van der Waals surface area (Å²) >= 11 is 0. The van der Waals surface area contributed by atoms with Crippen LogP contribution in [0.4, 0.5) is 4.39 Å². The Morgan fingerprint density at radius 1 is 1.64 bits per heavy atom. The molecule has 0 aliphatic rings. The molecule has 1 aromatic heterocycles. The van der Waals surface area contributed by atoms with Crippen LogP contribution in [-0.4, -0.2) is 17.6 Å². The van der Waals surface area contributed by atoms with Gasteiger partial charge in [-0.1, -0.05) is 0 Å². The zero-order valence-corrected chi connectivity index (χ0v) is 7.67. The van der Waals surface area contributed by atoms with Crippen molar-refractivity contribution in [3.63, 3.8) is 0 Å². The Hall–Kier alpha value is -1.65. The second kappa shape index (κ2) is 4.55.